The second kappa shape index (κ2) is 5.51. The number of aromatic nitrogens is 1. The Morgan fingerprint density at radius 1 is 1.43 bits per heavy atom. The Balaban J connectivity index is 1.96. The summed E-state index contributed by atoms with van der Waals surface area (Å²) in [6, 6.07) is 1.34. The molecule has 3 N–H and O–H groups in total. The quantitative estimate of drug-likeness (QED) is 0.799. The summed E-state index contributed by atoms with van der Waals surface area (Å²) in [5.41, 5.74) is -1.59. The van der Waals surface area contributed by atoms with Gasteiger partial charge in [-0.25, -0.2) is 9.78 Å². The van der Waals surface area contributed by atoms with E-state index in [9.17, 15) is 23.1 Å². The number of carbonyl (C=O) groups is 1. The van der Waals surface area contributed by atoms with E-state index in [-0.39, 0.29) is 18.2 Å². The van der Waals surface area contributed by atoms with Crippen LogP contribution >= 0.6 is 0 Å². The van der Waals surface area contributed by atoms with Crippen LogP contribution in [0, 0.1) is 5.92 Å². The number of carbonyl (C=O) groups excluding carboxylic acids is 1. The van der Waals surface area contributed by atoms with Gasteiger partial charge in [-0.05, 0) is 37.8 Å². The van der Waals surface area contributed by atoms with Gasteiger partial charge in [0.05, 0.1) is 24.0 Å². The standard InChI is InChI=1S/C13H16F3N3O2/c1-12(7-20,8-2-3-8)19-11(21)18-9-4-5-10(17-6-9)13(14,15)16/h4-6,8,20H,2-3,7H2,1H3,(H2,18,19,21). The molecule has 2 rings (SSSR count). The Labute approximate surface area is 119 Å². The molecule has 0 aliphatic heterocycles. The number of nitrogens with zero attached hydrogens (tertiary/aromatic N) is 1. The minimum Gasteiger partial charge on any atom is -0.394 e. The number of aliphatic hydroxyl groups is 1. The maximum atomic E-state index is 12.4. The van der Waals surface area contributed by atoms with Gasteiger partial charge in [-0.15, -0.1) is 0 Å². The fourth-order valence-corrected chi connectivity index (χ4v) is 2.05. The van der Waals surface area contributed by atoms with Crippen molar-refractivity contribution in [2.45, 2.75) is 31.5 Å². The molecule has 1 aliphatic carbocycles. The van der Waals surface area contributed by atoms with E-state index in [1.807, 2.05) is 0 Å². The monoisotopic (exact) mass is 303 g/mol. The summed E-state index contributed by atoms with van der Waals surface area (Å²) in [5.74, 6) is 0.221. The lowest BCUT2D eigenvalue weighted by molar-refractivity contribution is -0.141. The minimum atomic E-state index is -4.51. The van der Waals surface area contributed by atoms with Gasteiger partial charge in [0.2, 0.25) is 0 Å². The number of alkyl halides is 3. The van der Waals surface area contributed by atoms with Gasteiger partial charge in [-0.1, -0.05) is 0 Å². The van der Waals surface area contributed by atoms with Crippen molar-refractivity contribution in [3.05, 3.63) is 24.0 Å². The lowest BCUT2D eigenvalue weighted by atomic mass is 9.97. The Bertz CT molecular complexity index is 514. The number of hydrogen-bond acceptors (Lipinski definition) is 3. The van der Waals surface area contributed by atoms with Crippen LogP contribution in [0.2, 0.25) is 0 Å². The molecular formula is C13H16F3N3O2. The van der Waals surface area contributed by atoms with E-state index in [4.69, 9.17) is 0 Å². The SMILES string of the molecule is CC(CO)(NC(=O)Nc1ccc(C(F)(F)F)nc1)C1CC1. The summed E-state index contributed by atoms with van der Waals surface area (Å²) in [5, 5.41) is 14.4. The zero-order chi connectivity index (χ0) is 15.7. The smallest absolute Gasteiger partial charge is 0.394 e. The van der Waals surface area contributed by atoms with Crippen molar-refractivity contribution in [1.29, 1.82) is 0 Å². The van der Waals surface area contributed by atoms with Crippen LogP contribution in [0.3, 0.4) is 0 Å². The van der Waals surface area contributed by atoms with Crippen LogP contribution in [-0.2, 0) is 6.18 Å². The van der Waals surface area contributed by atoms with Gasteiger partial charge < -0.3 is 15.7 Å². The second-order valence-electron chi connectivity index (χ2n) is 5.36. The zero-order valence-corrected chi connectivity index (χ0v) is 11.4. The van der Waals surface area contributed by atoms with E-state index >= 15 is 0 Å². The molecule has 1 saturated carbocycles. The lowest BCUT2D eigenvalue weighted by Gasteiger charge is -2.28. The van der Waals surface area contributed by atoms with E-state index in [1.165, 1.54) is 0 Å². The largest absolute Gasteiger partial charge is 0.433 e. The first-order valence-corrected chi connectivity index (χ1v) is 6.48. The van der Waals surface area contributed by atoms with Crippen LogP contribution in [0.1, 0.15) is 25.5 Å². The summed E-state index contributed by atoms with van der Waals surface area (Å²) in [6.45, 7) is 1.53. The molecule has 116 valence electrons. The van der Waals surface area contributed by atoms with Crippen LogP contribution in [-0.4, -0.2) is 28.3 Å². The van der Waals surface area contributed by atoms with Crippen molar-refractivity contribution < 1.29 is 23.1 Å². The highest BCUT2D eigenvalue weighted by Crippen LogP contribution is 2.39. The average Bonchev–Trinajstić information content (AvgIpc) is 3.22. The van der Waals surface area contributed by atoms with Gasteiger partial charge >= 0.3 is 12.2 Å². The third kappa shape index (κ3) is 3.84. The number of aliphatic hydroxyl groups excluding tert-OH is 1. The normalized spacial score (nSPS) is 18.0. The molecule has 1 aliphatic rings. The molecule has 0 saturated heterocycles. The van der Waals surface area contributed by atoms with Gasteiger partial charge in [0.25, 0.3) is 0 Å². The van der Waals surface area contributed by atoms with Crippen LogP contribution in [0.25, 0.3) is 0 Å². The number of halogens is 3. The van der Waals surface area contributed by atoms with Crippen molar-refractivity contribution in [1.82, 2.24) is 10.3 Å². The second-order valence-corrected chi connectivity index (χ2v) is 5.36. The number of nitrogens with one attached hydrogen (secondary N) is 2. The molecule has 0 spiro atoms. The fourth-order valence-electron chi connectivity index (χ4n) is 2.05. The Morgan fingerprint density at radius 3 is 2.52 bits per heavy atom. The number of urea groups is 1. The molecule has 0 radical (unpaired) electrons. The Morgan fingerprint density at radius 2 is 2.10 bits per heavy atom. The van der Waals surface area contributed by atoms with Gasteiger partial charge in [0.1, 0.15) is 5.69 Å². The highest BCUT2D eigenvalue weighted by atomic mass is 19.4. The van der Waals surface area contributed by atoms with Crippen molar-refractivity contribution in [3.8, 4) is 0 Å². The van der Waals surface area contributed by atoms with Crippen LogP contribution < -0.4 is 10.6 Å². The topological polar surface area (TPSA) is 74.2 Å². The predicted molar refractivity (Wildman–Crippen MR) is 69.6 cm³/mol. The van der Waals surface area contributed by atoms with Gasteiger partial charge in [-0.3, -0.25) is 0 Å². The lowest BCUT2D eigenvalue weighted by Crippen LogP contribution is -2.52. The predicted octanol–water partition coefficient (Wildman–Crippen LogP) is 2.38. The number of pyridine rings is 1. The summed E-state index contributed by atoms with van der Waals surface area (Å²) < 4.78 is 37.1. The van der Waals surface area contributed by atoms with E-state index in [2.05, 4.69) is 15.6 Å². The third-order valence-electron chi connectivity index (χ3n) is 3.52. The molecule has 0 aromatic carbocycles. The van der Waals surface area contributed by atoms with Gasteiger partial charge in [-0.2, -0.15) is 13.2 Å². The van der Waals surface area contributed by atoms with E-state index in [0.717, 1.165) is 31.2 Å². The first-order chi connectivity index (χ1) is 9.74. The molecule has 0 bridgehead atoms. The molecule has 8 heteroatoms. The summed E-state index contributed by atoms with van der Waals surface area (Å²) in [6.07, 6.45) is -1.71. The summed E-state index contributed by atoms with van der Waals surface area (Å²) in [7, 11) is 0. The first-order valence-electron chi connectivity index (χ1n) is 6.48. The highest BCUT2D eigenvalue weighted by Gasteiger charge is 2.42. The maximum absolute atomic E-state index is 12.4. The third-order valence-corrected chi connectivity index (χ3v) is 3.52. The molecule has 1 unspecified atom stereocenters. The molecular weight excluding hydrogens is 287 g/mol. The average molecular weight is 303 g/mol. The maximum Gasteiger partial charge on any atom is 0.433 e. The van der Waals surface area contributed by atoms with Crippen LogP contribution in [0.4, 0.5) is 23.7 Å². The van der Waals surface area contributed by atoms with Crippen molar-refractivity contribution >= 4 is 11.7 Å². The van der Waals surface area contributed by atoms with E-state index in [1.54, 1.807) is 6.92 Å². The van der Waals surface area contributed by atoms with Crippen molar-refractivity contribution in [2.24, 2.45) is 5.92 Å². The van der Waals surface area contributed by atoms with Crippen LogP contribution in [0.15, 0.2) is 18.3 Å². The summed E-state index contributed by atoms with van der Waals surface area (Å²) >= 11 is 0. The van der Waals surface area contributed by atoms with E-state index < -0.39 is 23.4 Å². The number of anilines is 1. The molecule has 2 amide bonds. The molecule has 21 heavy (non-hydrogen) atoms. The fraction of sp³-hybridized carbons (Fsp3) is 0.538. The zero-order valence-electron chi connectivity index (χ0n) is 11.4. The molecule has 1 fully saturated rings. The van der Waals surface area contributed by atoms with E-state index in [0.29, 0.717) is 0 Å². The molecule has 1 heterocycles. The Kier molecular flexibility index (Phi) is 4.08. The number of hydrogen-bond donors (Lipinski definition) is 3. The molecule has 1 atom stereocenters. The van der Waals surface area contributed by atoms with Crippen LogP contribution in [0.5, 0.6) is 0 Å². The summed E-state index contributed by atoms with van der Waals surface area (Å²) in [4.78, 5) is 15.1. The number of amides is 2. The van der Waals surface area contributed by atoms with Gasteiger partial charge in [0, 0.05) is 0 Å². The van der Waals surface area contributed by atoms with Crippen molar-refractivity contribution in [3.63, 3.8) is 0 Å². The van der Waals surface area contributed by atoms with Crippen molar-refractivity contribution in [2.75, 3.05) is 11.9 Å². The Hall–Kier alpha value is -1.83. The minimum absolute atomic E-state index is 0.150. The van der Waals surface area contributed by atoms with Gasteiger partial charge in [0.15, 0.2) is 0 Å². The molecule has 5 nitrogen and oxygen atoms in total. The highest BCUT2D eigenvalue weighted by molar-refractivity contribution is 5.89. The first kappa shape index (κ1) is 15.6. The molecule has 1 aromatic rings. The molecule has 1 aromatic heterocycles. The number of rotatable bonds is 4.